The molecule has 12 heavy (non-hydrogen) atoms. The average molecular weight is 167 g/mol. The largest absolute Gasteiger partial charge is 0.479 e. The van der Waals surface area contributed by atoms with Gasteiger partial charge in [-0.05, 0) is 11.3 Å². The first kappa shape index (κ1) is 6.84. The lowest BCUT2D eigenvalue weighted by molar-refractivity contribution is -0.141. The number of nitrogens with zero attached hydrogens (tertiary/aromatic N) is 3. The van der Waals surface area contributed by atoms with Crippen molar-refractivity contribution in [3.8, 4) is 0 Å². The van der Waals surface area contributed by atoms with Gasteiger partial charge in [-0.1, -0.05) is 6.08 Å². The Morgan fingerprint density at radius 2 is 2.58 bits per heavy atom. The van der Waals surface area contributed by atoms with Gasteiger partial charge in [-0.2, -0.15) is 5.01 Å². The minimum absolute atomic E-state index is 0.338. The number of hydrogen-bond acceptors (Lipinski definition) is 5. The molecule has 0 saturated carbocycles. The van der Waals surface area contributed by atoms with Crippen molar-refractivity contribution in [2.24, 2.45) is 10.5 Å². The maximum atomic E-state index is 10.6. The summed E-state index contributed by atoms with van der Waals surface area (Å²) in [6, 6.07) is -0.809. The molecule has 0 fully saturated rings. The van der Waals surface area contributed by atoms with Crippen LogP contribution in [-0.4, -0.2) is 22.1 Å². The number of fused-ring (bicyclic) bond motifs is 1. The summed E-state index contributed by atoms with van der Waals surface area (Å²) in [6.45, 7) is 0. The summed E-state index contributed by atoms with van der Waals surface area (Å²) in [4.78, 5) is 15.3. The molecule has 2 aliphatic rings. The fourth-order valence-corrected chi connectivity index (χ4v) is 0.996. The third-order valence-corrected chi connectivity index (χ3v) is 1.54. The molecule has 6 heteroatoms. The van der Waals surface area contributed by atoms with E-state index in [0.717, 1.165) is 0 Å². The molecule has 2 rings (SSSR count). The summed E-state index contributed by atoms with van der Waals surface area (Å²) in [5.74, 6) is -0.647. The van der Waals surface area contributed by atoms with Gasteiger partial charge in [0.2, 0.25) is 5.88 Å². The van der Waals surface area contributed by atoms with E-state index in [2.05, 4.69) is 15.3 Å². The number of rotatable bonds is 1. The van der Waals surface area contributed by atoms with E-state index in [1.165, 1.54) is 11.1 Å². The first-order valence-electron chi connectivity index (χ1n) is 3.27. The molecule has 0 aromatic rings. The molecular formula is C6H5N3O3. The second-order valence-electron chi connectivity index (χ2n) is 2.28. The van der Waals surface area contributed by atoms with Crippen LogP contribution in [0.3, 0.4) is 0 Å². The number of aliphatic carboxylic acids is 1. The summed E-state index contributed by atoms with van der Waals surface area (Å²) >= 11 is 0. The topological polar surface area (TPSA) is 74.5 Å². The molecule has 0 aliphatic carbocycles. The standard InChI is InChI=1S/C6H5N3O3/c10-6(11)4-2-1-3-5-9(4)7-8-12-5/h1-4H,(H,10,11). The van der Waals surface area contributed by atoms with E-state index in [1.54, 1.807) is 12.2 Å². The van der Waals surface area contributed by atoms with Crippen LogP contribution in [0, 0.1) is 0 Å². The van der Waals surface area contributed by atoms with Crippen LogP contribution < -0.4 is 0 Å². The maximum absolute atomic E-state index is 10.6. The summed E-state index contributed by atoms with van der Waals surface area (Å²) in [5, 5.41) is 16.6. The van der Waals surface area contributed by atoms with Gasteiger partial charge in [-0.15, -0.1) is 0 Å². The molecular weight excluding hydrogens is 162 g/mol. The van der Waals surface area contributed by atoms with Gasteiger partial charge >= 0.3 is 5.97 Å². The zero-order valence-corrected chi connectivity index (χ0v) is 5.91. The average Bonchev–Trinajstić information content (AvgIpc) is 2.49. The van der Waals surface area contributed by atoms with E-state index in [9.17, 15) is 4.79 Å². The van der Waals surface area contributed by atoms with Crippen LogP contribution in [0.4, 0.5) is 0 Å². The number of carbonyl (C=O) groups is 1. The molecule has 0 bridgehead atoms. The normalized spacial score (nSPS) is 24.8. The van der Waals surface area contributed by atoms with Crippen molar-refractivity contribution in [1.82, 2.24) is 5.01 Å². The van der Waals surface area contributed by atoms with Crippen LogP contribution in [0.1, 0.15) is 0 Å². The van der Waals surface area contributed by atoms with Crippen LogP contribution >= 0.6 is 0 Å². The lowest BCUT2D eigenvalue weighted by Gasteiger charge is -2.18. The molecule has 0 saturated heterocycles. The van der Waals surface area contributed by atoms with E-state index in [1.807, 2.05) is 0 Å². The molecule has 1 N–H and O–H groups in total. The van der Waals surface area contributed by atoms with E-state index in [4.69, 9.17) is 5.11 Å². The molecule has 0 aromatic carbocycles. The summed E-state index contributed by atoms with van der Waals surface area (Å²) in [7, 11) is 0. The van der Waals surface area contributed by atoms with Gasteiger partial charge in [0.25, 0.3) is 0 Å². The lowest BCUT2D eigenvalue weighted by Crippen LogP contribution is -2.35. The van der Waals surface area contributed by atoms with E-state index >= 15 is 0 Å². The molecule has 0 spiro atoms. The van der Waals surface area contributed by atoms with Crippen molar-refractivity contribution in [1.29, 1.82) is 0 Å². The fraction of sp³-hybridized carbons (Fsp3) is 0.167. The first-order valence-corrected chi connectivity index (χ1v) is 3.27. The summed E-state index contributed by atoms with van der Waals surface area (Å²) in [6.07, 6.45) is 4.69. The van der Waals surface area contributed by atoms with Gasteiger partial charge in [-0.3, -0.25) is 0 Å². The molecule has 0 radical (unpaired) electrons. The number of carboxylic acid groups (broad SMARTS) is 1. The predicted octanol–water partition coefficient (Wildman–Crippen LogP) is 0.465. The Hall–Kier alpha value is -1.85. The van der Waals surface area contributed by atoms with Crippen LogP contribution in [0.15, 0.2) is 34.6 Å². The molecule has 1 atom stereocenters. The van der Waals surface area contributed by atoms with Gasteiger partial charge in [0.15, 0.2) is 6.04 Å². The van der Waals surface area contributed by atoms with Gasteiger partial charge in [0.05, 0.1) is 5.28 Å². The quantitative estimate of drug-likeness (QED) is 0.615. The van der Waals surface area contributed by atoms with Crippen molar-refractivity contribution < 1.29 is 14.7 Å². The summed E-state index contributed by atoms with van der Waals surface area (Å²) in [5.41, 5.74) is 0. The maximum Gasteiger partial charge on any atom is 0.332 e. The Labute approximate surface area is 67.4 Å². The Balaban J connectivity index is 2.29. The monoisotopic (exact) mass is 167 g/mol. The molecule has 2 aliphatic heterocycles. The Morgan fingerprint density at radius 1 is 1.75 bits per heavy atom. The smallest absolute Gasteiger partial charge is 0.332 e. The minimum atomic E-state index is -0.985. The Morgan fingerprint density at radius 3 is 3.33 bits per heavy atom. The van der Waals surface area contributed by atoms with E-state index < -0.39 is 12.0 Å². The second kappa shape index (κ2) is 2.33. The molecule has 2 heterocycles. The van der Waals surface area contributed by atoms with Gasteiger partial charge in [0.1, 0.15) is 0 Å². The predicted molar refractivity (Wildman–Crippen MR) is 36.4 cm³/mol. The van der Waals surface area contributed by atoms with E-state index in [0.29, 0.717) is 5.88 Å². The number of hydrogen-bond donors (Lipinski definition) is 1. The van der Waals surface area contributed by atoms with Gasteiger partial charge < -0.3 is 9.94 Å². The zero-order valence-electron chi connectivity index (χ0n) is 5.91. The van der Waals surface area contributed by atoms with Crippen LogP contribution in [0.5, 0.6) is 0 Å². The molecule has 0 aromatic heterocycles. The highest BCUT2D eigenvalue weighted by Gasteiger charge is 2.31. The van der Waals surface area contributed by atoms with Gasteiger partial charge in [-0.25, -0.2) is 4.79 Å². The van der Waals surface area contributed by atoms with E-state index in [-0.39, 0.29) is 0 Å². The third kappa shape index (κ3) is 0.849. The van der Waals surface area contributed by atoms with Crippen LogP contribution in [0.25, 0.3) is 0 Å². The molecule has 0 amide bonds. The highest BCUT2D eigenvalue weighted by molar-refractivity contribution is 5.76. The minimum Gasteiger partial charge on any atom is -0.479 e. The molecule has 6 nitrogen and oxygen atoms in total. The zero-order chi connectivity index (χ0) is 8.55. The van der Waals surface area contributed by atoms with Crippen molar-refractivity contribution >= 4 is 5.97 Å². The molecule has 1 unspecified atom stereocenters. The lowest BCUT2D eigenvalue weighted by atomic mass is 10.2. The molecule has 62 valence electrons. The van der Waals surface area contributed by atoms with Crippen molar-refractivity contribution in [2.75, 3.05) is 0 Å². The number of allylic oxidation sites excluding steroid dienone is 2. The van der Waals surface area contributed by atoms with Crippen molar-refractivity contribution in [3.05, 3.63) is 24.1 Å². The van der Waals surface area contributed by atoms with Crippen LogP contribution in [-0.2, 0) is 9.63 Å². The Kier molecular flexibility index (Phi) is 1.33. The fourth-order valence-electron chi connectivity index (χ4n) is 0.996. The van der Waals surface area contributed by atoms with Crippen molar-refractivity contribution in [3.63, 3.8) is 0 Å². The number of carboxylic acids is 1. The highest BCUT2D eigenvalue weighted by atomic mass is 16.7. The SMILES string of the molecule is O=C(O)C1C=CC=C2ON=NN21. The summed E-state index contributed by atoms with van der Waals surface area (Å²) < 4.78 is 0. The van der Waals surface area contributed by atoms with Crippen molar-refractivity contribution in [2.45, 2.75) is 6.04 Å². The second-order valence-corrected chi connectivity index (χ2v) is 2.28. The Bertz CT molecular complexity index is 307. The first-order chi connectivity index (χ1) is 5.79. The third-order valence-electron chi connectivity index (χ3n) is 1.54. The van der Waals surface area contributed by atoms with Gasteiger partial charge in [0, 0.05) is 6.08 Å². The van der Waals surface area contributed by atoms with Crippen LogP contribution in [0.2, 0.25) is 0 Å². The highest BCUT2D eigenvalue weighted by Crippen LogP contribution is 2.23.